The number of aromatic nitrogens is 1. The van der Waals surface area contributed by atoms with Crippen molar-refractivity contribution in [3.63, 3.8) is 0 Å². The minimum Gasteiger partial charge on any atom is -0.445 e. The molecule has 1 unspecified atom stereocenters. The molecule has 42 heavy (non-hydrogen) atoms. The Kier molecular flexibility index (Phi) is 9.92. The predicted octanol–water partition coefficient (Wildman–Crippen LogP) is 0.936. The van der Waals surface area contributed by atoms with Gasteiger partial charge in [-0.3, -0.25) is 19.3 Å². The molecule has 2 aliphatic heterocycles. The van der Waals surface area contributed by atoms with Crippen LogP contribution in [0.5, 0.6) is 0 Å². The topological polar surface area (TPSA) is 212 Å². The largest absolute Gasteiger partial charge is 0.445 e. The lowest BCUT2D eigenvalue weighted by atomic mass is 9.98. The lowest BCUT2D eigenvalue weighted by Gasteiger charge is -2.49. The molecule has 0 radical (unpaired) electrons. The van der Waals surface area contributed by atoms with Gasteiger partial charge in [-0.2, -0.15) is 13.2 Å². The van der Waals surface area contributed by atoms with Crippen LogP contribution in [-0.2, 0) is 33.4 Å². The molecule has 0 saturated carbocycles. The summed E-state index contributed by atoms with van der Waals surface area (Å²) in [5, 5.41) is 16.7. The smallest absolute Gasteiger partial charge is 0.407 e. The van der Waals surface area contributed by atoms with E-state index in [0.29, 0.717) is 0 Å². The number of amides is 3. The van der Waals surface area contributed by atoms with Crippen molar-refractivity contribution in [1.82, 2.24) is 20.5 Å². The fraction of sp³-hybridized carbons (Fsp3) is 0.500. The third-order valence-electron chi connectivity index (χ3n) is 5.41. The summed E-state index contributed by atoms with van der Waals surface area (Å²) in [5.41, 5.74) is 3.64. The van der Waals surface area contributed by atoms with Gasteiger partial charge in [0.05, 0.1) is 5.41 Å². The summed E-state index contributed by atoms with van der Waals surface area (Å²) < 4.78 is 51.9. The van der Waals surface area contributed by atoms with Crippen LogP contribution in [0.2, 0.25) is 0 Å². The number of hydrogen-bond acceptors (Lipinski definition) is 14. The number of anilines is 1. The van der Waals surface area contributed by atoms with E-state index in [1.165, 1.54) is 10.7 Å². The Balaban J connectivity index is 1.76. The van der Waals surface area contributed by atoms with E-state index < -0.39 is 84.2 Å². The number of rotatable bonds is 9. The van der Waals surface area contributed by atoms with E-state index in [-0.39, 0.29) is 22.2 Å². The average Bonchev–Trinajstić information content (AvgIpc) is 3.33. The molecule has 0 spiro atoms. The van der Waals surface area contributed by atoms with Crippen LogP contribution < -0.4 is 16.4 Å². The third-order valence-corrected chi connectivity index (χ3v) is 7.42. The molecule has 0 bridgehead atoms. The molecule has 15 nitrogen and oxygen atoms in total. The summed E-state index contributed by atoms with van der Waals surface area (Å²) in [5.74, 6) is -3.72. The summed E-state index contributed by atoms with van der Waals surface area (Å²) >= 11 is 2.01. The first-order chi connectivity index (χ1) is 19.5. The van der Waals surface area contributed by atoms with Crippen LogP contribution in [-0.4, -0.2) is 93.9 Å². The maximum Gasteiger partial charge on any atom is 0.407 e. The second-order valence-electron chi connectivity index (χ2n) is 9.61. The van der Waals surface area contributed by atoms with Gasteiger partial charge in [-0.15, -0.1) is 23.1 Å². The van der Waals surface area contributed by atoms with Crippen LogP contribution in [0, 0.1) is 5.41 Å². The van der Waals surface area contributed by atoms with Crippen molar-refractivity contribution in [2.75, 3.05) is 31.4 Å². The van der Waals surface area contributed by atoms with E-state index in [9.17, 15) is 42.4 Å². The molecule has 20 heteroatoms. The monoisotopic (exact) mass is 638 g/mol. The van der Waals surface area contributed by atoms with Crippen LogP contribution in [0.4, 0.5) is 23.1 Å². The molecule has 230 valence electrons. The average molecular weight is 639 g/mol. The molecule has 3 rings (SSSR count). The van der Waals surface area contributed by atoms with Crippen LogP contribution >= 0.6 is 23.1 Å². The van der Waals surface area contributed by atoms with E-state index in [2.05, 4.69) is 15.5 Å². The molecule has 1 saturated heterocycles. The van der Waals surface area contributed by atoms with Gasteiger partial charge in [0.2, 0.25) is 6.79 Å². The number of alkyl halides is 3. The number of halogens is 3. The molecule has 0 aromatic carbocycles. The van der Waals surface area contributed by atoms with E-state index in [1.807, 2.05) is 0 Å². The highest BCUT2D eigenvalue weighted by atomic mass is 32.2. The summed E-state index contributed by atoms with van der Waals surface area (Å²) in [4.78, 5) is 67.4. The van der Waals surface area contributed by atoms with Gasteiger partial charge in [0.25, 0.3) is 11.8 Å². The Morgan fingerprint density at radius 3 is 2.48 bits per heavy atom. The van der Waals surface area contributed by atoms with Crippen molar-refractivity contribution in [1.29, 1.82) is 0 Å². The lowest BCUT2D eigenvalue weighted by molar-refractivity contribution is -0.173. The van der Waals surface area contributed by atoms with Gasteiger partial charge >= 0.3 is 24.2 Å². The number of alkyl carbamates (subject to hydrolysis) is 1. The minimum atomic E-state index is -4.69. The van der Waals surface area contributed by atoms with Gasteiger partial charge in [0, 0.05) is 16.7 Å². The van der Waals surface area contributed by atoms with Gasteiger partial charge in [0.1, 0.15) is 36.0 Å². The van der Waals surface area contributed by atoms with Crippen molar-refractivity contribution in [3.8, 4) is 0 Å². The number of esters is 2. The number of carbonyl (C=O) groups is 5. The molecule has 3 amide bonds. The number of nitrogen functional groups attached to an aromatic ring is 1. The number of thiazole rings is 1. The number of nitrogens with one attached hydrogen (secondary N) is 2. The van der Waals surface area contributed by atoms with E-state index in [4.69, 9.17) is 19.9 Å². The molecule has 1 aromatic rings. The molecule has 5 N–H and O–H groups in total. The van der Waals surface area contributed by atoms with Crippen LogP contribution in [0.1, 0.15) is 26.5 Å². The molecule has 2 aliphatic rings. The second-order valence-corrected chi connectivity index (χ2v) is 11.6. The predicted molar refractivity (Wildman–Crippen MR) is 139 cm³/mol. The Morgan fingerprint density at radius 2 is 1.90 bits per heavy atom. The highest BCUT2D eigenvalue weighted by molar-refractivity contribution is 8.00. The van der Waals surface area contributed by atoms with Crippen molar-refractivity contribution in [3.05, 3.63) is 22.3 Å². The van der Waals surface area contributed by atoms with Crippen LogP contribution in [0.15, 0.2) is 21.8 Å². The number of fused-ring (bicyclic) bond motifs is 1. The fourth-order valence-corrected chi connectivity index (χ4v) is 5.27. The number of thioether (sulfide) groups is 1. The number of oxime groups is 1. The quantitative estimate of drug-likeness (QED) is 0.0743. The van der Waals surface area contributed by atoms with Gasteiger partial charge in [0.15, 0.2) is 10.8 Å². The van der Waals surface area contributed by atoms with Gasteiger partial charge < -0.3 is 35.8 Å². The molecule has 1 aromatic heterocycles. The summed E-state index contributed by atoms with van der Waals surface area (Å²) in [7, 11) is 0. The third kappa shape index (κ3) is 7.81. The highest BCUT2D eigenvalue weighted by Crippen LogP contribution is 2.41. The number of ether oxygens (including phenoxy) is 3. The van der Waals surface area contributed by atoms with Crippen molar-refractivity contribution in [2.24, 2.45) is 10.6 Å². The second kappa shape index (κ2) is 12.8. The standard InChI is InChI=1S/C22H25F3N6O9S2/c1-21(2,3)18(35)40-8-39-17(34)13-9(4-38-20(36)27-7-22(23,24)25)5-41-16-12(15(33)31(13)16)29-14(32)11(30-37)10-6-42-19(26)28-10/h6,12,16,37H,4-5,7-8H2,1-3H3,(H2,26,28)(H,27,36)(H,29,32)/b30-11-/t12?,16-/m0/s1. The zero-order valence-corrected chi connectivity index (χ0v) is 23.8. The number of nitrogens with zero attached hydrogens (tertiary/aromatic N) is 3. The Hall–Kier alpha value is -4.07. The summed E-state index contributed by atoms with van der Waals surface area (Å²) in [6.45, 7) is 1.51. The zero-order valence-electron chi connectivity index (χ0n) is 22.1. The van der Waals surface area contributed by atoms with Crippen molar-refractivity contribution < 1.29 is 56.6 Å². The van der Waals surface area contributed by atoms with Gasteiger partial charge in [-0.25, -0.2) is 14.6 Å². The number of nitrogens with two attached hydrogens (primary N) is 1. The molecular formula is C22H25F3N6O9S2. The Labute approximate surface area is 243 Å². The maximum absolute atomic E-state index is 13.1. The van der Waals surface area contributed by atoms with E-state index in [0.717, 1.165) is 28.0 Å². The fourth-order valence-electron chi connectivity index (χ4n) is 3.40. The SMILES string of the molecule is CC(C)(C)C(=O)OCOC(=O)C1=C(COC(=O)NCC(F)(F)F)CS[C@H]2C(NC(=O)/C(=N\O)c3csc(N)n3)C(=O)N12. The molecule has 1 fully saturated rings. The molecule has 2 atom stereocenters. The number of carbonyl (C=O) groups excluding carboxylic acids is 5. The first kappa shape index (κ1) is 32.4. The van der Waals surface area contributed by atoms with Crippen LogP contribution in [0.3, 0.4) is 0 Å². The minimum absolute atomic E-state index is 0.000703. The molecule has 3 heterocycles. The maximum atomic E-state index is 13.1. The zero-order chi connectivity index (χ0) is 31.4. The van der Waals surface area contributed by atoms with Crippen molar-refractivity contribution in [2.45, 2.75) is 38.4 Å². The summed E-state index contributed by atoms with van der Waals surface area (Å²) in [6, 6.07) is -1.21. The first-order valence-corrected chi connectivity index (χ1v) is 13.7. The molecule has 0 aliphatic carbocycles. The van der Waals surface area contributed by atoms with Gasteiger partial charge in [-0.1, -0.05) is 5.16 Å². The first-order valence-electron chi connectivity index (χ1n) is 11.8. The Bertz CT molecular complexity index is 1330. The Morgan fingerprint density at radius 1 is 1.21 bits per heavy atom. The van der Waals surface area contributed by atoms with Crippen LogP contribution in [0.25, 0.3) is 0 Å². The molecular weight excluding hydrogens is 613 g/mol. The number of hydrogen-bond donors (Lipinski definition) is 4. The normalized spacial score (nSPS) is 19.0. The van der Waals surface area contributed by atoms with Crippen molar-refractivity contribution >= 4 is 63.8 Å². The van der Waals surface area contributed by atoms with E-state index >= 15 is 0 Å². The van der Waals surface area contributed by atoms with Gasteiger partial charge in [-0.05, 0) is 20.8 Å². The van der Waals surface area contributed by atoms with E-state index in [1.54, 1.807) is 20.8 Å². The number of β-lactam (4-membered cyclic amide) rings is 1. The summed E-state index contributed by atoms with van der Waals surface area (Å²) in [6.07, 6.45) is -6.13. The highest BCUT2D eigenvalue weighted by Gasteiger charge is 2.55. The lowest BCUT2D eigenvalue weighted by Crippen LogP contribution is -2.71.